The van der Waals surface area contributed by atoms with Gasteiger partial charge in [0, 0.05) is 24.1 Å². The van der Waals surface area contributed by atoms with Gasteiger partial charge in [-0.05, 0) is 12.1 Å². The number of halogens is 1. The summed E-state index contributed by atoms with van der Waals surface area (Å²) in [7, 11) is -3.19. The number of amides is 1. The zero-order valence-electron chi connectivity index (χ0n) is 11.3. The molecule has 21 heavy (non-hydrogen) atoms. The molecular formula is C12H14ClN3O3S2. The minimum absolute atomic E-state index is 0. The van der Waals surface area contributed by atoms with E-state index in [2.05, 4.69) is 15.8 Å². The zero-order valence-corrected chi connectivity index (χ0v) is 13.7. The Balaban J connectivity index is 0.00000220. The SMILES string of the molecule is CC(=O)NNc1nc(-c2ccc(S(C)(=O)=O)cc2)cs1.Cl. The molecule has 0 aliphatic carbocycles. The largest absolute Gasteiger partial charge is 0.274 e. The number of nitrogens with zero attached hydrogens (tertiary/aromatic N) is 1. The molecule has 2 rings (SSSR count). The minimum atomic E-state index is -3.19. The Labute approximate surface area is 132 Å². The highest BCUT2D eigenvalue weighted by Gasteiger charge is 2.09. The van der Waals surface area contributed by atoms with Gasteiger partial charge in [0.2, 0.25) is 11.0 Å². The number of carbonyl (C=O) groups is 1. The highest BCUT2D eigenvalue weighted by molar-refractivity contribution is 7.90. The van der Waals surface area contributed by atoms with Crippen molar-refractivity contribution in [3.8, 4) is 11.3 Å². The Morgan fingerprint density at radius 2 is 1.86 bits per heavy atom. The van der Waals surface area contributed by atoms with Gasteiger partial charge in [0.15, 0.2) is 9.84 Å². The summed E-state index contributed by atoms with van der Waals surface area (Å²) in [6.45, 7) is 1.39. The molecule has 0 aliphatic rings. The number of anilines is 1. The summed E-state index contributed by atoms with van der Waals surface area (Å²) in [6.07, 6.45) is 1.17. The topological polar surface area (TPSA) is 88.2 Å². The average molecular weight is 348 g/mol. The van der Waals surface area contributed by atoms with E-state index in [1.54, 1.807) is 24.3 Å². The first-order valence-corrected chi connectivity index (χ1v) is 8.42. The van der Waals surface area contributed by atoms with Gasteiger partial charge < -0.3 is 0 Å². The number of rotatable bonds is 4. The lowest BCUT2D eigenvalue weighted by atomic mass is 10.2. The average Bonchev–Trinajstić information content (AvgIpc) is 2.84. The molecule has 0 unspecified atom stereocenters. The molecule has 1 aromatic carbocycles. The van der Waals surface area contributed by atoms with E-state index < -0.39 is 9.84 Å². The summed E-state index contributed by atoms with van der Waals surface area (Å²) in [4.78, 5) is 15.3. The van der Waals surface area contributed by atoms with Crippen LogP contribution >= 0.6 is 23.7 Å². The number of benzene rings is 1. The third kappa shape index (κ3) is 4.69. The maximum atomic E-state index is 11.4. The van der Waals surface area contributed by atoms with Crippen LogP contribution in [-0.2, 0) is 14.6 Å². The quantitative estimate of drug-likeness (QED) is 0.827. The smallest absolute Gasteiger partial charge is 0.235 e. The van der Waals surface area contributed by atoms with Gasteiger partial charge in [0.25, 0.3) is 0 Å². The van der Waals surface area contributed by atoms with E-state index in [0.29, 0.717) is 10.8 Å². The molecule has 0 bridgehead atoms. The summed E-state index contributed by atoms with van der Waals surface area (Å²) in [5.41, 5.74) is 6.64. The van der Waals surface area contributed by atoms with Crippen LogP contribution in [0.2, 0.25) is 0 Å². The Morgan fingerprint density at radius 3 is 2.38 bits per heavy atom. The van der Waals surface area contributed by atoms with Crippen LogP contribution in [0.1, 0.15) is 6.92 Å². The molecule has 0 saturated heterocycles. The van der Waals surface area contributed by atoms with E-state index in [1.807, 2.05) is 5.38 Å². The molecule has 114 valence electrons. The normalized spacial score (nSPS) is 10.6. The van der Waals surface area contributed by atoms with Gasteiger partial charge in [0.1, 0.15) is 0 Å². The first-order chi connectivity index (χ1) is 9.36. The predicted octanol–water partition coefficient (Wildman–Crippen LogP) is 2.10. The molecule has 0 aliphatic heterocycles. The maximum absolute atomic E-state index is 11.4. The molecule has 2 aromatic rings. The number of hydrazine groups is 1. The molecule has 0 saturated carbocycles. The lowest BCUT2D eigenvalue weighted by Crippen LogP contribution is -2.26. The molecular weight excluding hydrogens is 334 g/mol. The lowest BCUT2D eigenvalue weighted by molar-refractivity contribution is -0.118. The molecule has 6 nitrogen and oxygen atoms in total. The highest BCUT2D eigenvalue weighted by Crippen LogP contribution is 2.25. The molecule has 9 heteroatoms. The number of hydrogen-bond donors (Lipinski definition) is 2. The van der Waals surface area contributed by atoms with E-state index in [0.717, 1.165) is 5.56 Å². The predicted molar refractivity (Wildman–Crippen MR) is 85.3 cm³/mol. The Morgan fingerprint density at radius 1 is 1.24 bits per heavy atom. The monoisotopic (exact) mass is 347 g/mol. The van der Waals surface area contributed by atoms with Crippen molar-refractivity contribution in [3.05, 3.63) is 29.6 Å². The van der Waals surface area contributed by atoms with Crippen molar-refractivity contribution in [1.29, 1.82) is 0 Å². The fraction of sp³-hybridized carbons (Fsp3) is 0.167. The van der Waals surface area contributed by atoms with Gasteiger partial charge in [0.05, 0.1) is 10.6 Å². The van der Waals surface area contributed by atoms with Gasteiger partial charge in [-0.15, -0.1) is 23.7 Å². The van der Waals surface area contributed by atoms with Gasteiger partial charge in [-0.3, -0.25) is 15.6 Å². The summed E-state index contributed by atoms with van der Waals surface area (Å²) < 4.78 is 22.7. The van der Waals surface area contributed by atoms with Crippen LogP contribution in [0.15, 0.2) is 34.5 Å². The van der Waals surface area contributed by atoms with Gasteiger partial charge in [-0.2, -0.15) is 0 Å². The van der Waals surface area contributed by atoms with Gasteiger partial charge in [-0.1, -0.05) is 12.1 Å². The maximum Gasteiger partial charge on any atom is 0.235 e. The summed E-state index contributed by atoms with van der Waals surface area (Å²) in [6, 6.07) is 6.50. The molecule has 1 amide bonds. The highest BCUT2D eigenvalue weighted by atomic mass is 35.5. The zero-order chi connectivity index (χ0) is 14.8. The van der Waals surface area contributed by atoms with Crippen molar-refractivity contribution >= 4 is 44.6 Å². The molecule has 0 spiro atoms. The van der Waals surface area contributed by atoms with Crippen molar-refractivity contribution in [2.75, 3.05) is 11.7 Å². The van der Waals surface area contributed by atoms with E-state index >= 15 is 0 Å². The number of thiazole rings is 1. The standard InChI is InChI=1S/C12H13N3O3S2.ClH/c1-8(16)14-15-12-13-11(7-19-12)9-3-5-10(6-4-9)20(2,17)18;/h3-7H,1-2H3,(H,13,15)(H,14,16);1H. The van der Waals surface area contributed by atoms with Crippen LogP contribution < -0.4 is 10.9 Å². The van der Waals surface area contributed by atoms with E-state index in [4.69, 9.17) is 0 Å². The summed E-state index contributed by atoms with van der Waals surface area (Å²) in [5.74, 6) is -0.209. The number of hydrogen-bond acceptors (Lipinski definition) is 6. The van der Waals surface area contributed by atoms with Crippen LogP contribution in [-0.4, -0.2) is 25.6 Å². The van der Waals surface area contributed by atoms with Crippen molar-refractivity contribution in [1.82, 2.24) is 10.4 Å². The van der Waals surface area contributed by atoms with Crippen molar-refractivity contribution in [3.63, 3.8) is 0 Å². The van der Waals surface area contributed by atoms with Crippen molar-refractivity contribution in [2.45, 2.75) is 11.8 Å². The lowest BCUT2D eigenvalue weighted by Gasteiger charge is -2.01. The number of aromatic nitrogens is 1. The number of sulfone groups is 1. The van der Waals surface area contributed by atoms with E-state index in [-0.39, 0.29) is 23.2 Å². The molecule has 2 N–H and O–H groups in total. The fourth-order valence-electron chi connectivity index (χ4n) is 1.48. The molecule has 0 fully saturated rings. The molecule has 1 heterocycles. The second-order valence-electron chi connectivity index (χ2n) is 4.14. The van der Waals surface area contributed by atoms with E-state index in [9.17, 15) is 13.2 Å². The number of nitrogens with one attached hydrogen (secondary N) is 2. The van der Waals surface area contributed by atoms with Crippen molar-refractivity contribution < 1.29 is 13.2 Å². The summed E-state index contributed by atoms with van der Waals surface area (Å²) >= 11 is 1.34. The van der Waals surface area contributed by atoms with Crippen LogP contribution in [0.4, 0.5) is 5.13 Å². The first-order valence-electron chi connectivity index (χ1n) is 5.65. The van der Waals surface area contributed by atoms with Gasteiger partial charge in [-0.25, -0.2) is 13.4 Å². The second-order valence-corrected chi connectivity index (χ2v) is 7.01. The van der Waals surface area contributed by atoms with Gasteiger partial charge >= 0.3 is 0 Å². The second kappa shape index (κ2) is 6.88. The van der Waals surface area contributed by atoms with E-state index in [1.165, 1.54) is 24.5 Å². The third-order valence-corrected chi connectivity index (χ3v) is 4.31. The van der Waals surface area contributed by atoms with Crippen LogP contribution in [0.5, 0.6) is 0 Å². The van der Waals surface area contributed by atoms with Crippen LogP contribution in [0.3, 0.4) is 0 Å². The first kappa shape index (κ1) is 17.4. The fourth-order valence-corrected chi connectivity index (χ4v) is 2.78. The summed E-state index contributed by atoms with van der Waals surface area (Å²) in [5, 5.41) is 2.38. The minimum Gasteiger partial charge on any atom is -0.274 e. The molecule has 0 radical (unpaired) electrons. The molecule has 0 atom stereocenters. The van der Waals surface area contributed by atoms with Crippen molar-refractivity contribution in [2.24, 2.45) is 0 Å². The third-order valence-electron chi connectivity index (χ3n) is 2.43. The Kier molecular flexibility index (Phi) is 5.70. The molecule has 1 aromatic heterocycles. The van der Waals surface area contributed by atoms with Crippen LogP contribution in [0.25, 0.3) is 11.3 Å². The van der Waals surface area contributed by atoms with Crippen LogP contribution in [0, 0.1) is 0 Å². The Bertz CT molecular complexity index is 726. The number of carbonyl (C=O) groups excluding carboxylic acids is 1. The Hall–Kier alpha value is -1.64.